The molecule has 1 aromatic carbocycles. The number of pyridine rings is 1. The Kier molecular flexibility index (Phi) is 4.06. The van der Waals surface area contributed by atoms with Gasteiger partial charge in [-0.3, -0.25) is 9.78 Å². The molecule has 1 saturated heterocycles. The van der Waals surface area contributed by atoms with E-state index in [2.05, 4.69) is 31.2 Å². The molecule has 0 radical (unpaired) electrons. The molecule has 1 aliphatic rings. The minimum atomic E-state index is -0.0391. The zero-order valence-electron chi connectivity index (χ0n) is 14.2. The van der Waals surface area contributed by atoms with Crippen molar-refractivity contribution in [3.63, 3.8) is 0 Å². The Morgan fingerprint density at radius 2 is 2.04 bits per heavy atom. The molecule has 1 fully saturated rings. The van der Waals surface area contributed by atoms with Gasteiger partial charge in [0.1, 0.15) is 0 Å². The van der Waals surface area contributed by atoms with E-state index >= 15 is 0 Å². The number of amides is 1. The minimum Gasteiger partial charge on any atom is -0.346 e. The molecule has 0 unspecified atom stereocenters. The van der Waals surface area contributed by atoms with E-state index in [1.165, 1.54) is 16.0 Å². The van der Waals surface area contributed by atoms with E-state index < -0.39 is 0 Å². The lowest BCUT2D eigenvalue weighted by Gasteiger charge is -2.37. The molecule has 134 valence electrons. The topological polar surface area (TPSA) is 71.0 Å². The molecule has 0 atom stereocenters. The van der Waals surface area contributed by atoms with Crippen LogP contribution in [0.25, 0.3) is 21.5 Å². The zero-order valence-corrected chi connectivity index (χ0v) is 15.8. The standard InChI is InChI=1S/C19H15N5OS2/c25-17(23-18-21-15(11-26-18)12-4-3-7-20-8-12)13-9-24(10-13)19-22-14-5-1-2-6-16(14)27-19/h1-8,11,13H,9-10H2,(H,21,23,25). The summed E-state index contributed by atoms with van der Waals surface area (Å²) in [6.07, 6.45) is 3.49. The second kappa shape index (κ2) is 6.71. The van der Waals surface area contributed by atoms with Crippen LogP contribution in [0.1, 0.15) is 0 Å². The Bertz CT molecular complexity index is 1070. The minimum absolute atomic E-state index is 0.0134. The van der Waals surface area contributed by atoms with Gasteiger partial charge in [-0.25, -0.2) is 9.97 Å². The van der Waals surface area contributed by atoms with E-state index in [1.54, 1.807) is 23.7 Å². The van der Waals surface area contributed by atoms with Crippen molar-refractivity contribution in [2.75, 3.05) is 23.3 Å². The first-order valence-electron chi connectivity index (χ1n) is 8.53. The number of nitrogens with one attached hydrogen (secondary N) is 1. The highest BCUT2D eigenvalue weighted by Crippen LogP contribution is 2.33. The lowest BCUT2D eigenvalue weighted by atomic mass is 10.0. The molecule has 0 bridgehead atoms. The van der Waals surface area contributed by atoms with Crippen LogP contribution in [0.4, 0.5) is 10.3 Å². The van der Waals surface area contributed by atoms with Crippen molar-refractivity contribution < 1.29 is 4.79 Å². The zero-order chi connectivity index (χ0) is 18.2. The van der Waals surface area contributed by atoms with Crippen molar-refractivity contribution in [1.29, 1.82) is 0 Å². The fourth-order valence-electron chi connectivity index (χ4n) is 2.98. The molecule has 0 saturated carbocycles. The maximum atomic E-state index is 12.5. The summed E-state index contributed by atoms with van der Waals surface area (Å²) in [6.45, 7) is 1.37. The number of fused-ring (bicyclic) bond motifs is 1. The van der Waals surface area contributed by atoms with Gasteiger partial charge in [0.25, 0.3) is 0 Å². The number of rotatable bonds is 4. The molecule has 3 aromatic heterocycles. The van der Waals surface area contributed by atoms with E-state index in [4.69, 9.17) is 0 Å². The van der Waals surface area contributed by atoms with Crippen molar-refractivity contribution in [3.05, 3.63) is 54.2 Å². The van der Waals surface area contributed by atoms with E-state index in [0.29, 0.717) is 18.2 Å². The maximum Gasteiger partial charge on any atom is 0.232 e. The number of carbonyl (C=O) groups is 1. The maximum absolute atomic E-state index is 12.5. The highest BCUT2D eigenvalue weighted by atomic mass is 32.1. The summed E-state index contributed by atoms with van der Waals surface area (Å²) >= 11 is 3.10. The number of thiazole rings is 2. The summed E-state index contributed by atoms with van der Waals surface area (Å²) in [5.74, 6) is -0.0257. The van der Waals surface area contributed by atoms with Crippen LogP contribution >= 0.6 is 22.7 Å². The lowest BCUT2D eigenvalue weighted by Crippen LogP contribution is -2.52. The highest BCUT2D eigenvalue weighted by molar-refractivity contribution is 7.22. The monoisotopic (exact) mass is 393 g/mol. The SMILES string of the molecule is O=C(Nc1nc(-c2cccnc2)cs1)C1CN(c2nc3ccccc3s2)C1. The van der Waals surface area contributed by atoms with Gasteiger partial charge in [0, 0.05) is 36.4 Å². The quantitative estimate of drug-likeness (QED) is 0.570. The number of nitrogens with zero attached hydrogens (tertiary/aromatic N) is 4. The summed E-state index contributed by atoms with van der Waals surface area (Å²) in [6, 6.07) is 11.9. The first kappa shape index (κ1) is 16.3. The van der Waals surface area contributed by atoms with Crippen molar-refractivity contribution in [3.8, 4) is 11.3 Å². The van der Waals surface area contributed by atoms with Crippen LogP contribution in [0, 0.1) is 5.92 Å². The molecule has 27 heavy (non-hydrogen) atoms. The van der Waals surface area contributed by atoms with Gasteiger partial charge < -0.3 is 10.2 Å². The Balaban J connectivity index is 1.21. The fourth-order valence-corrected chi connectivity index (χ4v) is 4.69. The van der Waals surface area contributed by atoms with Crippen molar-refractivity contribution >= 4 is 49.1 Å². The molecule has 0 spiro atoms. The lowest BCUT2D eigenvalue weighted by molar-refractivity contribution is -0.120. The molecular formula is C19H15N5OS2. The number of para-hydroxylation sites is 1. The average Bonchev–Trinajstić information content (AvgIpc) is 3.28. The Morgan fingerprint density at radius 1 is 1.15 bits per heavy atom. The van der Waals surface area contributed by atoms with E-state index in [9.17, 15) is 4.79 Å². The number of aromatic nitrogens is 3. The molecular weight excluding hydrogens is 378 g/mol. The molecule has 6 nitrogen and oxygen atoms in total. The van der Waals surface area contributed by atoms with Crippen molar-refractivity contribution in [1.82, 2.24) is 15.0 Å². The van der Waals surface area contributed by atoms with Crippen LogP contribution in [0.2, 0.25) is 0 Å². The third kappa shape index (κ3) is 3.17. The number of benzene rings is 1. The Morgan fingerprint density at radius 3 is 2.85 bits per heavy atom. The van der Waals surface area contributed by atoms with Gasteiger partial charge in [0.15, 0.2) is 10.3 Å². The van der Waals surface area contributed by atoms with Gasteiger partial charge in [-0.1, -0.05) is 23.5 Å². The van der Waals surface area contributed by atoms with Gasteiger partial charge in [-0.15, -0.1) is 11.3 Å². The van der Waals surface area contributed by atoms with E-state index in [1.807, 2.05) is 35.7 Å². The smallest absolute Gasteiger partial charge is 0.232 e. The molecule has 4 aromatic rings. The van der Waals surface area contributed by atoms with E-state index in [-0.39, 0.29) is 11.8 Å². The first-order chi connectivity index (χ1) is 13.3. The second-order valence-corrected chi connectivity index (χ2v) is 8.20. The largest absolute Gasteiger partial charge is 0.346 e. The number of carbonyl (C=O) groups excluding carboxylic acids is 1. The number of anilines is 2. The summed E-state index contributed by atoms with van der Waals surface area (Å²) in [5.41, 5.74) is 2.78. The molecule has 1 N–H and O–H groups in total. The van der Waals surface area contributed by atoms with Gasteiger partial charge in [0.2, 0.25) is 5.91 Å². The van der Waals surface area contributed by atoms with Crippen LogP contribution in [-0.2, 0) is 4.79 Å². The predicted molar refractivity (Wildman–Crippen MR) is 109 cm³/mol. The summed E-state index contributed by atoms with van der Waals surface area (Å²) < 4.78 is 1.17. The normalized spacial score (nSPS) is 14.3. The molecule has 5 rings (SSSR count). The van der Waals surface area contributed by atoms with Crippen molar-refractivity contribution in [2.24, 2.45) is 5.92 Å². The van der Waals surface area contributed by atoms with Crippen LogP contribution in [0.5, 0.6) is 0 Å². The summed E-state index contributed by atoms with van der Waals surface area (Å²) in [5, 5.41) is 6.47. The number of hydrogen-bond acceptors (Lipinski definition) is 7. The van der Waals surface area contributed by atoms with Gasteiger partial charge in [-0.2, -0.15) is 0 Å². The van der Waals surface area contributed by atoms with Gasteiger partial charge in [-0.05, 0) is 24.3 Å². The van der Waals surface area contributed by atoms with Gasteiger partial charge in [0.05, 0.1) is 21.8 Å². The average molecular weight is 393 g/mol. The summed E-state index contributed by atoms with van der Waals surface area (Å²) in [4.78, 5) is 27.9. The Labute approximate surface area is 163 Å². The van der Waals surface area contributed by atoms with Crippen LogP contribution in [0.3, 0.4) is 0 Å². The third-order valence-corrected chi connectivity index (χ3v) is 6.35. The third-order valence-electron chi connectivity index (χ3n) is 4.50. The van der Waals surface area contributed by atoms with Crippen molar-refractivity contribution in [2.45, 2.75) is 0 Å². The fraction of sp³-hybridized carbons (Fsp3) is 0.158. The molecule has 4 heterocycles. The molecule has 1 amide bonds. The van der Waals surface area contributed by atoms with Crippen LogP contribution in [-0.4, -0.2) is 33.9 Å². The number of hydrogen-bond donors (Lipinski definition) is 1. The molecule has 1 aliphatic heterocycles. The molecule has 8 heteroatoms. The van der Waals surface area contributed by atoms with Crippen LogP contribution in [0.15, 0.2) is 54.2 Å². The second-order valence-electron chi connectivity index (χ2n) is 6.33. The highest BCUT2D eigenvalue weighted by Gasteiger charge is 2.34. The van der Waals surface area contributed by atoms with Gasteiger partial charge >= 0.3 is 0 Å². The van der Waals surface area contributed by atoms with E-state index in [0.717, 1.165) is 21.9 Å². The Hall–Kier alpha value is -2.84. The predicted octanol–water partition coefficient (Wildman–Crippen LogP) is 3.89. The first-order valence-corrected chi connectivity index (χ1v) is 10.2. The van der Waals surface area contributed by atoms with Crippen LogP contribution < -0.4 is 10.2 Å². The molecule has 0 aliphatic carbocycles. The summed E-state index contributed by atoms with van der Waals surface area (Å²) in [7, 11) is 0.